The predicted octanol–water partition coefficient (Wildman–Crippen LogP) is 2.38. The van der Waals surface area contributed by atoms with Crippen LogP contribution in [0.15, 0.2) is 11.4 Å². The third kappa shape index (κ3) is 3.59. The SMILES string of the molecule is CCC1c2ccsc2CCN1C(=O)CC1COCCN1.Cl. The summed E-state index contributed by atoms with van der Waals surface area (Å²) in [7, 11) is 0. The van der Waals surface area contributed by atoms with Crippen molar-refractivity contribution in [3.63, 3.8) is 0 Å². The molecule has 0 saturated carbocycles. The summed E-state index contributed by atoms with van der Waals surface area (Å²) in [6, 6.07) is 2.63. The molecule has 0 bridgehead atoms. The second-order valence-electron chi connectivity index (χ2n) is 5.49. The molecule has 1 saturated heterocycles. The molecule has 1 amide bonds. The molecule has 0 spiro atoms. The Morgan fingerprint density at radius 3 is 3.14 bits per heavy atom. The predicted molar refractivity (Wildman–Crippen MR) is 87.2 cm³/mol. The number of amides is 1. The molecule has 0 radical (unpaired) electrons. The molecule has 1 fully saturated rings. The Morgan fingerprint density at radius 2 is 2.43 bits per heavy atom. The fourth-order valence-corrected chi connectivity index (χ4v) is 4.14. The maximum absolute atomic E-state index is 12.6. The molecule has 0 aromatic carbocycles. The first-order chi connectivity index (χ1) is 9.79. The number of nitrogens with zero attached hydrogens (tertiary/aromatic N) is 1. The number of thiophene rings is 1. The van der Waals surface area contributed by atoms with E-state index in [-0.39, 0.29) is 30.4 Å². The van der Waals surface area contributed by atoms with Gasteiger partial charge in [0.15, 0.2) is 0 Å². The molecular weight excluding hydrogens is 308 g/mol. The number of carbonyl (C=O) groups is 1. The van der Waals surface area contributed by atoms with Crippen molar-refractivity contribution in [2.75, 3.05) is 26.3 Å². The lowest BCUT2D eigenvalue weighted by Gasteiger charge is -2.36. The molecule has 1 aromatic heterocycles. The number of hydrogen-bond acceptors (Lipinski definition) is 4. The summed E-state index contributed by atoms with van der Waals surface area (Å²) >= 11 is 1.82. The van der Waals surface area contributed by atoms with Crippen LogP contribution in [0.1, 0.15) is 36.2 Å². The van der Waals surface area contributed by atoms with Crippen LogP contribution in [0.4, 0.5) is 0 Å². The minimum Gasteiger partial charge on any atom is -0.378 e. The monoisotopic (exact) mass is 330 g/mol. The highest BCUT2D eigenvalue weighted by molar-refractivity contribution is 7.10. The van der Waals surface area contributed by atoms with Crippen LogP contribution in [0.25, 0.3) is 0 Å². The van der Waals surface area contributed by atoms with Crippen molar-refractivity contribution in [1.29, 1.82) is 0 Å². The van der Waals surface area contributed by atoms with Gasteiger partial charge in [-0.2, -0.15) is 0 Å². The molecule has 2 unspecified atom stereocenters. The molecule has 4 nitrogen and oxygen atoms in total. The molecule has 1 N–H and O–H groups in total. The van der Waals surface area contributed by atoms with Gasteiger partial charge < -0.3 is 15.0 Å². The van der Waals surface area contributed by atoms with Crippen molar-refractivity contribution in [2.24, 2.45) is 0 Å². The highest BCUT2D eigenvalue weighted by atomic mass is 35.5. The molecule has 2 atom stereocenters. The summed E-state index contributed by atoms with van der Waals surface area (Å²) < 4.78 is 5.44. The van der Waals surface area contributed by atoms with Crippen LogP contribution >= 0.6 is 23.7 Å². The first-order valence-electron chi connectivity index (χ1n) is 7.46. The van der Waals surface area contributed by atoms with Gasteiger partial charge in [0.05, 0.1) is 19.3 Å². The fraction of sp³-hybridized carbons (Fsp3) is 0.667. The van der Waals surface area contributed by atoms with Gasteiger partial charge in [-0.05, 0) is 29.9 Å². The standard InChI is InChI=1S/C15H22N2O2S.ClH/c1-2-13-12-4-8-20-14(12)3-6-17(13)15(18)9-11-10-19-7-5-16-11;/h4,8,11,13,16H,2-3,5-7,9-10H2,1H3;1H. The second kappa shape index (κ2) is 7.58. The fourth-order valence-electron chi connectivity index (χ4n) is 3.21. The second-order valence-corrected chi connectivity index (χ2v) is 6.49. The van der Waals surface area contributed by atoms with Gasteiger partial charge in [-0.1, -0.05) is 6.92 Å². The summed E-state index contributed by atoms with van der Waals surface area (Å²) in [5.74, 6) is 0.261. The third-order valence-electron chi connectivity index (χ3n) is 4.22. The number of carbonyl (C=O) groups excluding carboxylic acids is 1. The van der Waals surface area contributed by atoms with Gasteiger partial charge in [0.2, 0.25) is 5.91 Å². The van der Waals surface area contributed by atoms with Crippen LogP contribution in [0.2, 0.25) is 0 Å². The highest BCUT2D eigenvalue weighted by Gasteiger charge is 2.31. The molecular formula is C15H23ClN2O2S. The molecule has 2 aliphatic heterocycles. The lowest BCUT2D eigenvalue weighted by atomic mass is 9.97. The Hall–Kier alpha value is -0.620. The summed E-state index contributed by atoms with van der Waals surface area (Å²) in [5.41, 5.74) is 1.37. The normalized spacial score (nSPS) is 25.1. The molecule has 1 aromatic rings. The van der Waals surface area contributed by atoms with Gasteiger partial charge in [-0.3, -0.25) is 4.79 Å². The van der Waals surface area contributed by atoms with E-state index < -0.39 is 0 Å². The molecule has 21 heavy (non-hydrogen) atoms. The molecule has 3 heterocycles. The zero-order chi connectivity index (χ0) is 13.9. The molecule has 2 aliphatic rings. The maximum atomic E-state index is 12.6. The molecule has 3 rings (SSSR count). The van der Waals surface area contributed by atoms with E-state index in [2.05, 4.69) is 28.6 Å². The minimum atomic E-state index is 0. The Morgan fingerprint density at radius 1 is 1.57 bits per heavy atom. The van der Waals surface area contributed by atoms with Crippen LogP contribution < -0.4 is 5.32 Å². The number of ether oxygens (including phenoxy) is 1. The van der Waals surface area contributed by atoms with Crippen molar-refractivity contribution < 1.29 is 9.53 Å². The third-order valence-corrected chi connectivity index (χ3v) is 5.22. The van der Waals surface area contributed by atoms with Gasteiger partial charge >= 0.3 is 0 Å². The number of nitrogens with one attached hydrogen (secondary N) is 1. The average Bonchev–Trinajstić information content (AvgIpc) is 2.95. The van der Waals surface area contributed by atoms with Gasteiger partial charge in [0, 0.05) is 30.4 Å². The van der Waals surface area contributed by atoms with Crippen molar-refractivity contribution in [1.82, 2.24) is 10.2 Å². The lowest BCUT2D eigenvalue weighted by Crippen LogP contribution is -2.47. The van der Waals surface area contributed by atoms with E-state index in [1.165, 1.54) is 10.4 Å². The average molecular weight is 331 g/mol. The van der Waals surface area contributed by atoms with Crippen LogP contribution in [0.3, 0.4) is 0 Å². The van der Waals surface area contributed by atoms with E-state index >= 15 is 0 Å². The van der Waals surface area contributed by atoms with E-state index in [0.29, 0.717) is 13.0 Å². The summed E-state index contributed by atoms with van der Waals surface area (Å²) in [6.45, 7) is 5.28. The summed E-state index contributed by atoms with van der Waals surface area (Å²) in [6.07, 6.45) is 2.55. The Labute approximate surface area is 136 Å². The van der Waals surface area contributed by atoms with Crippen LogP contribution in [0.5, 0.6) is 0 Å². The first-order valence-corrected chi connectivity index (χ1v) is 8.34. The Bertz CT molecular complexity index is 474. The summed E-state index contributed by atoms with van der Waals surface area (Å²) in [4.78, 5) is 16.1. The van der Waals surface area contributed by atoms with Gasteiger partial charge in [-0.25, -0.2) is 0 Å². The van der Waals surface area contributed by atoms with E-state index in [1.54, 1.807) is 0 Å². The first kappa shape index (κ1) is 16.7. The highest BCUT2D eigenvalue weighted by Crippen LogP contribution is 2.35. The van der Waals surface area contributed by atoms with E-state index in [9.17, 15) is 4.79 Å². The van der Waals surface area contributed by atoms with Gasteiger partial charge in [0.1, 0.15) is 0 Å². The number of halogens is 1. The largest absolute Gasteiger partial charge is 0.378 e. The van der Waals surface area contributed by atoms with Crippen molar-refractivity contribution >= 4 is 29.7 Å². The smallest absolute Gasteiger partial charge is 0.224 e. The van der Waals surface area contributed by atoms with E-state index in [4.69, 9.17) is 4.74 Å². The quantitative estimate of drug-likeness (QED) is 0.925. The summed E-state index contributed by atoms with van der Waals surface area (Å²) in [5, 5.41) is 5.52. The van der Waals surface area contributed by atoms with Crippen LogP contribution in [-0.2, 0) is 16.0 Å². The van der Waals surface area contributed by atoms with Crippen molar-refractivity contribution in [3.05, 3.63) is 21.9 Å². The van der Waals surface area contributed by atoms with Gasteiger partial charge in [-0.15, -0.1) is 23.7 Å². The topological polar surface area (TPSA) is 41.6 Å². The van der Waals surface area contributed by atoms with Crippen molar-refractivity contribution in [2.45, 2.75) is 38.3 Å². The number of morpholine rings is 1. The van der Waals surface area contributed by atoms with Crippen LogP contribution in [0, 0.1) is 0 Å². The van der Waals surface area contributed by atoms with E-state index in [1.807, 2.05) is 11.3 Å². The Kier molecular flexibility index (Phi) is 6.05. The van der Waals surface area contributed by atoms with Crippen LogP contribution in [-0.4, -0.2) is 43.2 Å². The number of fused-ring (bicyclic) bond motifs is 1. The zero-order valence-corrected chi connectivity index (χ0v) is 14.0. The number of hydrogen-bond donors (Lipinski definition) is 1. The van der Waals surface area contributed by atoms with Gasteiger partial charge in [0.25, 0.3) is 0 Å². The molecule has 0 aliphatic carbocycles. The maximum Gasteiger partial charge on any atom is 0.224 e. The minimum absolute atomic E-state index is 0. The molecule has 118 valence electrons. The number of rotatable bonds is 3. The van der Waals surface area contributed by atoms with Crippen molar-refractivity contribution in [3.8, 4) is 0 Å². The Balaban J connectivity index is 0.00000161. The zero-order valence-electron chi connectivity index (χ0n) is 12.3. The van der Waals surface area contributed by atoms with E-state index in [0.717, 1.165) is 32.5 Å². The lowest BCUT2D eigenvalue weighted by molar-refractivity contribution is -0.135. The molecule has 6 heteroatoms.